The number of hydrogen-bond acceptors (Lipinski definition) is 5. The van der Waals surface area contributed by atoms with Crippen molar-refractivity contribution in [2.24, 2.45) is 23.5 Å². The molecule has 0 radical (unpaired) electrons. The minimum atomic E-state index is -0.978. The summed E-state index contributed by atoms with van der Waals surface area (Å²) in [5, 5.41) is 11.0. The van der Waals surface area contributed by atoms with Crippen molar-refractivity contribution in [3.05, 3.63) is 0 Å². The molecule has 2 saturated carbocycles. The molecule has 0 aromatic rings. The molecule has 0 aromatic carbocycles. The van der Waals surface area contributed by atoms with Crippen LogP contribution in [0.25, 0.3) is 0 Å². The molecule has 0 bridgehead atoms. The molecular formula is C14H21NO4S. The van der Waals surface area contributed by atoms with Crippen LogP contribution < -0.4 is 5.73 Å². The number of hydrogen-bond donors (Lipinski definition) is 2. The molecule has 3 N–H and O–H groups in total. The van der Waals surface area contributed by atoms with Gasteiger partial charge in [0.25, 0.3) is 0 Å². The van der Waals surface area contributed by atoms with Crippen molar-refractivity contribution < 1.29 is 19.4 Å². The summed E-state index contributed by atoms with van der Waals surface area (Å²) in [6.07, 6.45) is 2.62. The number of esters is 1. The van der Waals surface area contributed by atoms with Gasteiger partial charge in [0, 0.05) is 17.4 Å². The third kappa shape index (κ3) is 1.96. The molecule has 3 rings (SSSR count). The third-order valence-corrected chi connectivity index (χ3v) is 6.72. The Morgan fingerprint density at radius 2 is 2.30 bits per heavy atom. The molecule has 1 aliphatic heterocycles. The predicted molar refractivity (Wildman–Crippen MR) is 74.9 cm³/mol. The van der Waals surface area contributed by atoms with Crippen LogP contribution in [-0.4, -0.2) is 39.7 Å². The van der Waals surface area contributed by atoms with E-state index in [0.29, 0.717) is 18.1 Å². The lowest BCUT2D eigenvalue weighted by Gasteiger charge is -2.44. The van der Waals surface area contributed by atoms with Gasteiger partial charge in [0.15, 0.2) is 0 Å². The normalized spacial score (nSPS) is 46.1. The van der Waals surface area contributed by atoms with Gasteiger partial charge in [0.05, 0.1) is 0 Å². The van der Waals surface area contributed by atoms with Gasteiger partial charge in [-0.2, -0.15) is 11.8 Å². The highest BCUT2D eigenvalue weighted by Gasteiger charge is 2.68. The second kappa shape index (κ2) is 4.91. The van der Waals surface area contributed by atoms with Gasteiger partial charge in [-0.25, -0.2) is 0 Å². The lowest BCUT2D eigenvalue weighted by atomic mass is 9.66. The summed E-state index contributed by atoms with van der Waals surface area (Å²) in [6.45, 7) is 2.13. The quantitative estimate of drug-likeness (QED) is 0.745. The first-order chi connectivity index (χ1) is 9.44. The number of aliphatic hydroxyl groups is 1. The van der Waals surface area contributed by atoms with Crippen LogP contribution in [-0.2, 0) is 14.3 Å². The van der Waals surface area contributed by atoms with Crippen LogP contribution in [0.2, 0.25) is 0 Å². The van der Waals surface area contributed by atoms with Gasteiger partial charge in [0.1, 0.15) is 17.6 Å². The third-order valence-electron chi connectivity index (χ3n) is 5.16. The monoisotopic (exact) mass is 299 g/mol. The van der Waals surface area contributed by atoms with Crippen LogP contribution in [0.1, 0.15) is 32.6 Å². The molecular weight excluding hydrogens is 278 g/mol. The van der Waals surface area contributed by atoms with Gasteiger partial charge >= 0.3 is 5.97 Å². The zero-order chi connectivity index (χ0) is 14.5. The van der Waals surface area contributed by atoms with Crippen LogP contribution in [0.15, 0.2) is 0 Å². The fourth-order valence-electron chi connectivity index (χ4n) is 4.26. The van der Waals surface area contributed by atoms with Crippen LogP contribution >= 0.6 is 11.8 Å². The number of nitrogens with two attached hydrogens (primary N) is 1. The Hall–Kier alpha value is -0.750. The summed E-state index contributed by atoms with van der Waals surface area (Å²) in [5.74, 6) is 0.0798. The number of rotatable bonds is 4. The SMILES string of the molecule is CC1CC2CCC3OC(=O)C(C1SCCC(N)=O)C23O. The smallest absolute Gasteiger partial charge is 0.313 e. The van der Waals surface area contributed by atoms with Crippen LogP contribution in [0.5, 0.6) is 0 Å². The highest BCUT2D eigenvalue weighted by atomic mass is 32.2. The van der Waals surface area contributed by atoms with E-state index in [2.05, 4.69) is 6.92 Å². The first-order valence-electron chi connectivity index (χ1n) is 7.27. The molecule has 6 heteroatoms. The van der Waals surface area contributed by atoms with Crippen molar-refractivity contribution in [2.45, 2.75) is 49.6 Å². The van der Waals surface area contributed by atoms with E-state index in [1.54, 1.807) is 11.8 Å². The molecule has 2 aliphatic carbocycles. The topological polar surface area (TPSA) is 89.6 Å². The Kier molecular flexibility index (Phi) is 3.49. The maximum atomic E-state index is 12.2. The molecule has 20 heavy (non-hydrogen) atoms. The maximum absolute atomic E-state index is 12.2. The van der Waals surface area contributed by atoms with Gasteiger partial charge < -0.3 is 15.6 Å². The molecule has 6 atom stereocenters. The zero-order valence-corrected chi connectivity index (χ0v) is 12.4. The van der Waals surface area contributed by atoms with E-state index in [4.69, 9.17) is 10.5 Å². The van der Waals surface area contributed by atoms with E-state index in [1.165, 1.54) is 0 Å². The van der Waals surface area contributed by atoms with Crippen molar-refractivity contribution in [1.29, 1.82) is 0 Å². The van der Waals surface area contributed by atoms with E-state index in [0.717, 1.165) is 19.3 Å². The van der Waals surface area contributed by atoms with Gasteiger partial charge in [-0.3, -0.25) is 9.59 Å². The zero-order valence-electron chi connectivity index (χ0n) is 11.6. The standard InChI is InChI=1S/C14H21NO4S/c1-7-6-8-2-3-9-14(8,18)11(13(17)19-9)12(7)20-5-4-10(15)16/h7-9,11-12,18H,2-6H2,1H3,(H2,15,16). The van der Waals surface area contributed by atoms with Crippen LogP contribution in [0.3, 0.4) is 0 Å². The Morgan fingerprint density at radius 1 is 1.55 bits per heavy atom. The first kappa shape index (κ1) is 14.2. The van der Waals surface area contributed by atoms with Crippen molar-refractivity contribution in [3.8, 4) is 0 Å². The Balaban J connectivity index is 1.80. The Bertz CT molecular complexity index is 443. The average molecular weight is 299 g/mol. The summed E-state index contributed by atoms with van der Waals surface area (Å²) in [4.78, 5) is 23.0. The Morgan fingerprint density at radius 3 is 3.00 bits per heavy atom. The highest BCUT2D eigenvalue weighted by molar-refractivity contribution is 8.00. The largest absolute Gasteiger partial charge is 0.459 e. The first-order valence-corrected chi connectivity index (χ1v) is 8.32. The second-order valence-corrected chi connectivity index (χ2v) is 7.62. The summed E-state index contributed by atoms with van der Waals surface area (Å²) < 4.78 is 5.41. The molecule has 0 aromatic heterocycles. The summed E-state index contributed by atoms with van der Waals surface area (Å²) in [6, 6.07) is 0. The summed E-state index contributed by atoms with van der Waals surface area (Å²) >= 11 is 1.58. The summed E-state index contributed by atoms with van der Waals surface area (Å²) in [5.41, 5.74) is 4.19. The lowest BCUT2D eigenvalue weighted by molar-refractivity contribution is -0.145. The molecule has 1 heterocycles. The van der Waals surface area contributed by atoms with E-state index < -0.39 is 11.5 Å². The predicted octanol–water partition coefficient (Wildman–Crippen LogP) is 0.686. The fourth-order valence-corrected chi connectivity index (χ4v) is 5.81. The Labute approximate surface area is 122 Å². The number of carbonyl (C=O) groups excluding carboxylic acids is 2. The van der Waals surface area contributed by atoms with E-state index >= 15 is 0 Å². The molecule has 3 fully saturated rings. The van der Waals surface area contributed by atoms with Gasteiger partial charge in [-0.1, -0.05) is 6.92 Å². The van der Waals surface area contributed by atoms with Crippen molar-refractivity contribution in [3.63, 3.8) is 0 Å². The molecule has 112 valence electrons. The fraction of sp³-hybridized carbons (Fsp3) is 0.857. The van der Waals surface area contributed by atoms with Gasteiger partial charge in [-0.15, -0.1) is 0 Å². The van der Waals surface area contributed by atoms with Gasteiger partial charge in [0.2, 0.25) is 5.91 Å². The van der Waals surface area contributed by atoms with Crippen molar-refractivity contribution in [1.82, 2.24) is 0 Å². The van der Waals surface area contributed by atoms with Crippen molar-refractivity contribution >= 4 is 23.6 Å². The van der Waals surface area contributed by atoms with E-state index in [1.807, 2.05) is 0 Å². The minimum absolute atomic E-state index is 0.0196. The van der Waals surface area contributed by atoms with E-state index in [9.17, 15) is 14.7 Å². The second-order valence-electron chi connectivity index (χ2n) is 6.33. The van der Waals surface area contributed by atoms with Crippen LogP contribution in [0, 0.1) is 17.8 Å². The van der Waals surface area contributed by atoms with Gasteiger partial charge in [-0.05, 0) is 31.1 Å². The lowest BCUT2D eigenvalue weighted by Crippen LogP contribution is -2.55. The highest BCUT2D eigenvalue weighted by Crippen LogP contribution is 2.57. The molecule has 3 aliphatic rings. The number of thioether (sulfide) groups is 1. The molecule has 5 nitrogen and oxygen atoms in total. The molecule has 0 spiro atoms. The summed E-state index contributed by atoms with van der Waals surface area (Å²) in [7, 11) is 0. The van der Waals surface area contributed by atoms with Crippen LogP contribution in [0.4, 0.5) is 0 Å². The van der Waals surface area contributed by atoms with Crippen molar-refractivity contribution in [2.75, 3.05) is 5.75 Å². The molecule has 6 unspecified atom stereocenters. The minimum Gasteiger partial charge on any atom is -0.459 e. The number of carbonyl (C=O) groups is 2. The molecule has 1 saturated heterocycles. The maximum Gasteiger partial charge on any atom is 0.313 e. The number of ether oxygens (including phenoxy) is 1. The average Bonchev–Trinajstić information content (AvgIpc) is 2.79. The van der Waals surface area contributed by atoms with E-state index in [-0.39, 0.29) is 29.1 Å². The number of primary amides is 1. The molecule has 1 amide bonds. The number of amides is 1.